The predicted molar refractivity (Wildman–Crippen MR) is 122 cm³/mol. The number of rotatable bonds is 7. The summed E-state index contributed by atoms with van der Waals surface area (Å²) < 4.78 is 0. The molecule has 4 rings (SSSR count). The molecule has 3 N–H and O–H groups in total. The van der Waals surface area contributed by atoms with Crippen LogP contribution in [0.5, 0.6) is 0 Å². The minimum Gasteiger partial charge on any atom is -0.477 e. The highest BCUT2D eigenvalue weighted by Gasteiger charge is 2.21. The molecule has 1 saturated heterocycles. The molecule has 1 aromatic heterocycles. The third-order valence-corrected chi connectivity index (χ3v) is 6.52. The summed E-state index contributed by atoms with van der Waals surface area (Å²) in [5.74, 6) is -0.231. The fourth-order valence-electron chi connectivity index (χ4n) is 4.58. The molecule has 5 nitrogen and oxygen atoms in total. The van der Waals surface area contributed by atoms with Gasteiger partial charge in [0.15, 0.2) is 0 Å². The second kappa shape index (κ2) is 8.92. The molecule has 1 aliphatic heterocycles. The van der Waals surface area contributed by atoms with E-state index in [0.717, 1.165) is 54.8 Å². The lowest BCUT2D eigenvalue weighted by molar-refractivity contribution is 0.0692. The van der Waals surface area contributed by atoms with E-state index in [4.69, 9.17) is 0 Å². The summed E-state index contributed by atoms with van der Waals surface area (Å²) in [6.45, 7) is 8.21. The van der Waals surface area contributed by atoms with Crippen molar-refractivity contribution in [1.29, 1.82) is 0 Å². The van der Waals surface area contributed by atoms with Gasteiger partial charge in [0.25, 0.3) is 0 Å². The Kier molecular flexibility index (Phi) is 6.09. The number of fused-ring (bicyclic) bond motifs is 1. The van der Waals surface area contributed by atoms with Crippen molar-refractivity contribution in [3.8, 4) is 0 Å². The number of carboxylic acids is 1. The largest absolute Gasteiger partial charge is 0.477 e. The molecule has 0 unspecified atom stereocenters. The van der Waals surface area contributed by atoms with E-state index in [1.807, 2.05) is 12.1 Å². The lowest BCUT2D eigenvalue weighted by Gasteiger charge is -2.32. The van der Waals surface area contributed by atoms with Crippen LogP contribution >= 0.6 is 0 Å². The van der Waals surface area contributed by atoms with Gasteiger partial charge in [-0.15, -0.1) is 0 Å². The first-order chi connectivity index (χ1) is 14.5. The number of hydrogen-bond donors (Lipinski definition) is 3. The average Bonchev–Trinajstić information content (AvgIpc) is 3.12. The Bertz CT molecular complexity index is 1020. The zero-order valence-electron chi connectivity index (χ0n) is 17.9. The van der Waals surface area contributed by atoms with E-state index < -0.39 is 5.97 Å². The van der Waals surface area contributed by atoms with Gasteiger partial charge in [0.05, 0.1) is 5.69 Å². The Hall–Kier alpha value is -2.79. The number of anilines is 1. The van der Waals surface area contributed by atoms with Gasteiger partial charge in [-0.1, -0.05) is 36.4 Å². The Balaban J connectivity index is 1.35. The molecule has 0 saturated carbocycles. The summed E-state index contributed by atoms with van der Waals surface area (Å²) in [5, 5.41) is 14.1. The molecule has 0 bridgehead atoms. The van der Waals surface area contributed by atoms with Crippen LogP contribution in [0.2, 0.25) is 0 Å². The number of aryl methyl sites for hydroxylation is 2. The fraction of sp³-hybridized carbons (Fsp3) is 0.400. The van der Waals surface area contributed by atoms with Crippen molar-refractivity contribution < 1.29 is 9.90 Å². The summed E-state index contributed by atoms with van der Waals surface area (Å²) in [4.78, 5) is 17.4. The van der Waals surface area contributed by atoms with Crippen molar-refractivity contribution in [3.63, 3.8) is 0 Å². The molecule has 5 heteroatoms. The van der Waals surface area contributed by atoms with E-state index in [1.54, 1.807) is 0 Å². The third kappa shape index (κ3) is 4.36. The molecule has 1 aliphatic rings. The molecule has 0 spiro atoms. The van der Waals surface area contributed by atoms with Gasteiger partial charge in [-0.2, -0.15) is 0 Å². The molecule has 0 aliphatic carbocycles. The van der Waals surface area contributed by atoms with Crippen LogP contribution in [-0.4, -0.2) is 40.6 Å². The van der Waals surface area contributed by atoms with Gasteiger partial charge < -0.3 is 15.4 Å². The van der Waals surface area contributed by atoms with Crippen molar-refractivity contribution in [2.45, 2.75) is 39.7 Å². The summed E-state index contributed by atoms with van der Waals surface area (Å²) in [6, 6.07) is 14.7. The number of aromatic amines is 1. The number of likely N-dealkylation sites (tertiary alicyclic amines) is 1. The maximum absolute atomic E-state index is 11.8. The van der Waals surface area contributed by atoms with Crippen LogP contribution in [0.3, 0.4) is 0 Å². The van der Waals surface area contributed by atoms with Gasteiger partial charge >= 0.3 is 5.97 Å². The van der Waals surface area contributed by atoms with Crippen molar-refractivity contribution in [1.82, 2.24) is 9.88 Å². The van der Waals surface area contributed by atoms with Gasteiger partial charge in [0, 0.05) is 24.0 Å². The standard InChI is InChI=1S/C25H31N3O2/c1-17-8-9-21-22(18(17)2)23(24(27-21)25(29)30)26-13-10-19-11-14-28(15-12-19)16-20-6-4-3-5-7-20/h3-9,19,26-27H,10-16H2,1-2H3,(H,29,30). The van der Waals surface area contributed by atoms with E-state index in [2.05, 4.69) is 59.4 Å². The lowest BCUT2D eigenvalue weighted by Crippen LogP contribution is -2.33. The second-order valence-electron chi connectivity index (χ2n) is 8.53. The first-order valence-corrected chi connectivity index (χ1v) is 10.9. The van der Waals surface area contributed by atoms with Crippen LogP contribution in [0.4, 0.5) is 5.69 Å². The lowest BCUT2D eigenvalue weighted by atomic mass is 9.93. The number of nitrogens with zero attached hydrogens (tertiary/aromatic N) is 1. The van der Waals surface area contributed by atoms with E-state index in [-0.39, 0.29) is 5.69 Å². The number of carboxylic acid groups (broad SMARTS) is 1. The first kappa shape index (κ1) is 20.5. The summed E-state index contributed by atoms with van der Waals surface area (Å²) in [6.07, 6.45) is 3.47. The molecule has 0 radical (unpaired) electrons. The Morgan fingerprint density at radius 2 is 1.87 bits per heavy atom. The number of H-pyrrole nitrogens is 1. The maximum Gasteiger partial charge on any atom is 0.354 e. The molecule has 0 atom stereocenters. The molecule has 158 valence electrons. The number of aromatic nitrogens is 1. The van der Waals surface area contributed by atoms with Crippen molar-refractivity contribution in [2.24, 2.45) is 5.92 Å². The highest BCUT2D eigenvalue weighted by atomic mass is 16.4. The number of benzene rings is 2. The van der Waals surface area contributed by atoms with E-state index in [0.29, 0.717) is 5.92 Å². The number of hydrogen-bond acceptors (Lipinski definition) is 3. The highest BCUT2D eigenvalue weighted by Crippen LogP contribution is 2.32. The van der Waals surface area contributed by atoms with E-state index in [9.17, 15) is 9.90 Å². The maximum atomic E-state index is 11.8. The normalized spacial score (nSPS) is 15.5. The monoisotopic (exact) mass is 405 g/mol. The molecular weight excluding hydrogens is 374 g/mol. The number of piperidine rings is 1. The average molecular weight is 406 g/mol. The molecule has 2 aromatic carbocycles. The van der Waals surface area contributed by atoms with Crippen molar-refractivity contribution >= 4 is 22.6 Å². The molecule has 3 aromatic rings. The van der Waals surface area contributed by atoms with Gasteiger partial charge in [0.1, 0.15) is 5.69 Å². The van der Waals surface area contributed by atoms with Crippen LogP contribution in [0.1, 0.15) is 46.4 Å². The summed E-state index contributed by atoms with van der Waals surface area (Å²) in [5.41, 5.74) is 5.56. The van der Waals surface area contributed by atoms with Crippen molar-refractivity contribution in [3.05, 3.63) is 64.8 Å². The highest BCUT2D eigenvalue weighted by molar-refractivity contribution is 6.07. The topological polar surface area (TPSA) is 68.4 Å². The fourth-order valence-corrected chi connectivity index (χ4v) is 4.58. The van der Waals surface area contributed by atoms with Crippen LogP contribution < -0.4 is 5.32 Å². The molecule has 1 fully saturated rings. The molecule has 0 amide bonds. The van der Waals surface area contributed by atoms with Crippen LogP contribution in [0.25, 0.3) is 10.9 Å². The molecular formula is C25H31N3O2. The minimum absolute atomic E-state index is 0.261. The predicted octanol–water partition coefficient (Wildman–Crippen LogP) is 5.20. The molecule has 2 heterocycles. The number of aromatic carboxylic acids is 1. The third-order valence-electron chi connectivity index (χ3n) is 6.52. The van der Waals surface area contributed by atoms with E-state index >= 15 is 0 Å². The summed E-state index contributed by atoms with van der Waals surface area (Å²) >= 11 is 0. The minimum atomic E-state index is -0.917. The number of nitrogens with one attached hydrogen (secondary N) is 2. The van der Waals surface area contributed by atoms with Gasteiger partial charge in [-0.25, -0.2) is 4.79 Å². The van der Waals surface area contributed by atoms with Gasteiger partial charge in [-0.05, 0) is 74.9 Å². The number of carbonyl (C=O) groups is 1. The quantitative estimate of drug-likeness (QED) is 0.505. The second-order valence-corrected chi connectivity index (χ2v) is 8.53. The van der Waals surface area contributed by atoms with Crippen LogP contribution in [-0.2, 0) is 6.54 Å². The van der Waals surface area contributed by atoms with Gasteiger partial charge in [-0.3, -0.25) is 4.90 Å². The Morgan fingerprint density at radius 1 is 1.13 bits per heavy atom. The SMILES string of the molecule is Cc1ccc2[nH]c(C(=O)O)c(NCCC3CCN(Cc4ccccc4)CC3)c2c1C. The Labute approximate surface area is 178 Å². The van der Waals surface area contributed by atoms with Crippen molar-refractivity contribution in [2.75, 3.05) is 25.0 Å². The van der Waals surface area contributed by atoms with Crippen LogP contribution in [0, 0.1) is 19.8 Å². The van der Waals surface area contributed by atoms with E-state index in [1.165, 1.54) is 24.0 Å². The Morgan fingerprint density at radius 3 is 2.57 bits per heavy atom. The zero-order chi connectivity index (χ0) is 21.1. The van der Waals surface area contributed by atoms with Crippen LogP contribution in [0.15, 0.2) is 42.5 Å². The summed E-state index contributed by atoms with van der Waals surface area (Å²) in [7, 11) is 0. The zero-order valence-corrected chi connectivity index (χ0v) is 17.9. The first-order valence-electron chi connectivity index (χ1n) is 10.9. The molecule has 30 heavy (non-hydrogen) atoms. The smallest absolute Gasteiger partial charge is 0.354 e. The van der Waals surface area contributed by atoms with Gasteiger partial charge in [0.2, 0.25) is 0 Å².